The van der Waals surface area contributed by atoms with Gasteiger partial charge in [0.25, 0.3) is 5.91 Å². The first-order valence-corrected chi connectivity index (χ1v) is 11.0. The van der Waals surface area contributed by atoms with E-state index in [1.54, 1.807) is 31.3 Å². The van der Waals surface area contributed by atoms with E-state index in [2.05, 4.69) is 10.6 Å². The van der Waals surface area contributed by atoms with Gasteiger partial charge in [-0.3, -0.25) is 9.59 Å². The molecule has 0 saturated heterocycles. The molecule has 2 aromatic carbocycles. The maximum Gasteiger partial charge on any atom is 0.251 e. The van der Waals surface area contributed by atoms with Crippen LogP contribution in [0.25, 0.3) is 0 Å². The van der Waals surface area contributed by atoms with Crippen LogP contribution in [0.1, 0.15) is 35.7 Å². The maximum absolute atomic E-state index is 13.4. The Hall–Kier alpha value is -2.91. The quantitative estimate of drug-likeness (QED) is 0.668. The van der Waals surface area contributed by atoms with Crippen molar-refractivity contribution in [2.24, 2.45) is 0 Å². The molecule has 2 N–H and O–H groups in total. The summed E-state index contributed by atoms with van der Waals surface area (Å²) in [5.41, 5.74) is 1.60. The van der Waals surface area contributed by atoms with Crippen molar-refractivity contribution in [1.82, 2.24) is 9.62 Å². The maximum atomic E-state index is 13.4. The largest absolute Gasteiger partial charge is 0.495 e. The van der Waals surface area contributed by atoms with Gasteiger partial charge in [0.05, 0.1) is 17.7 Å². The third-order valence-corrected chi connectivity index (χ3v) is 6.72. The van der Waals surface area contributed by atoms with Gasteiger partial charge in [-0.1, -0.05) is 12.1 Å². The van der Waals surface area contributed by atoms with Crippen molar-refractivity contribution in [2.75, 3.05) is 19.5 Å². The van der Waals surface area contributed by atoms with Crippen LogP contribution in [0.3, 0.4) is 0 Å². The van der Waals surface area contributed by atoms with Crippen LogP contribution in [0.15, 0.2) is 47.4 Å². The molecule has 1 fully saturated rings. The summed E-state index contributed by atoms with van der Waals surface area (Å²) in [7, 11) is -0.794. The summed E-state index contributed by atoms with van der Waals surface area (Å²) in [5, 5.41) is 5.17. The highest BCUT2D eigenvalue weighted by Crippen LogP contribution is 2.35. The van der Waals surface area contributed by atoms with Crippen molar-refractivity contribution in [1.29, 1.82) is 0 Å². The number of nitrogens with zero attached hydrogens (tertiary/aromatic N) is 1. The molecule has 1 aliphatic rings. The van der Waals surface area contributed by atoms with Crippen molar-refractivity contribution in [3.63, 3.8) is 0 Å². The molecule has 1 aliphatic carbocycles. The van der Waals surface area contributed by atoms with Crippen LogP contribution < -0.4 is 15.4 Å². The average Bonchev–Trinajstić information content (AvgIpc) is 3.56. The lowest BCUT2D eigenvalue weighted by molar-refractivity contribution is -0.114. The molecule has 0 aliphatic heterocycles. The fourth-order valence-electron chi connectivity index (χ4n) is 3.13. The number of ether oxygens (including phenoxy) is 1. The number of hydrogen-bond donors (Lipinski definition) is 2. The van der Waals surface area contributed by atoms with Gasteiger partial charge in [-0.05, 0) is 48.7 Å². The second-order valence-electron chi connectivity index (χ2n) is 7.10. The first-order valence-electron chi connectivity index (χ1n) is 9.54. The Kier molecular flexibility index (Phi) is 6.42. The normalized spacial score (nSPS) is 13.7. The molecule has 0 radical (unpaired) electrons. The molecule has 8 nitrogen and oxygen atoms in total. The molecule has 2 aromatic rings. The van der Waals surface area contributed by atoms with Crippen LogP contribution in [0.4, 0.5) is 5.69 Å². The summed E-state index contributed by atoms with van der Waals surface area (Å²) in [6.07, 6.45) is 1.59. The molecule has 0 unspecified atom stereocenters. The zero-order valence-corrected chi connectivity index (χ0v) is 18.0. The highest BCUT2D eigenvalue weighted by molar-refractivity contribution is 7.89. The predicted octanol–water partition coefficient (Wildman–Crippen LogP) is 2.37. The van der Waals surface area contributed by atoms with Crippen LogP contribution in [0.5, 0.6) is 5.75 Å². The van der Waals surface area contributed by atoms with E-state index in [-0.39, 0.29) is 29.3 Å². The van der Waals surface area contributed by atoms with Crippen LogP contribution in [-0.2, 0) is 21.4 Å². The standard InChI is InChI=1S/C21H25N3O5S/c1-14(25)23-19-12-18(10-11-20(19)29-3)30(27,28)24(17-8-9-17)13-15-4-6-16(7-5-15)21(26)22-2/h4-7,10-12,17H,8-9,13H2,1-3H3,(H,22,26)(H,23,25). The van der Waals surface area contributed by atoms with Crippen LogP contribution in [-0.4, -0.2) is 44.7 Å². The lowest BCUT2D eigenvalue weighted by Gasteiger charge is -2.23. The first kappa shape index (κ1) is 21.8. The van der Waals surface area contributed by atoms with Crippen molar-refractivity contribution < 1.29 is 22.7 Å². The van der Waals surface area contributed by atoms with Crippen LogP contribution >= 0.6 is 0 Å². The van der Waals surface area contributed by atoms with E-state index in [1.165, 1.54) is 36.5 Å². The number of carbonyl (C=O) groups is 2. The zero-order valence-electron chi connectivity index (χ0n) is 17.1. The van der Waals surface area contributed by atoms with E-state index < -0.39 is 10.0 Å². The molecule has 0 bridgehead atoms. The van der Waals surface area contributed by atoms with E-state index in [0.29, 0.717) is 17.0 Å². The molecular weight excluding hydrogens is 406 g/mol. The summed E-state index contributed by atoms with van der Waals surface area (Å²) in [4.78, 5) is 23.3. The molecule has 9 heteroatoms. The van der Waals surface area contributed by atoms with Gasteiger partial charge in [0, 0.05) is 32.1 Å². The summed E-state index contributed by atoms with van der Waals surface area (Å²) >= 11 is 0. The van der Waals surface area contributed by atoms with E-state index in [4.69, 9.17) is 4.74 Å². The Labute approximate surface area is 176 Å². The first-order chi connectivity index (χ1) is 14.3. The van der Waals surface area contributed by atoms with Gasteiger partial charge in [0.1, 0.15) is 5.75 Å². The number of sulfonamides is 1. The van der Waals surface area contributed by atoms with Crippen LogP contribution in [0, 0.1) is 0 Å². The van der Waals surface area contributed by atoms with Crippen molar-refractivity contribution in [3.05, 3.63) is 53.6 Å². The summed E-state index contributed by atoms with van der Waals surface area (Å²) in [6, 6.07) is 11.2. The Balaban J connectivity index is 1.90. The fraction of sp³-hybridized carbons (Fsp3) is 0.333. The minimum Gasteiger partial charge on any atom is -0.495 e. The van der Waals surface area contributed by atoms with Gasteiger partial charge >= 0.3 is 0 Å². The van der Waals surface area contributed by atoms with Crippen LogP contribution in [0.2, 0.25) is 0 Å². The number of nitrogens with one attached hydrogen (secondary N) is 2. The van der Waals surface area contributed by atoms with E-state index in [9.17, 15) is 18.0 Å². The molecule has 1 saturated carbocycles. The molecule has 0 atom stereocenters. The highest BCUT2D eigenvalue weighted by atomic mass is 32.2. The summed E-state index contributed by atoms with van der Waals surface area (Å²) < 4.78 is 33.5. The monoisotopic (exact) mass is 431 g/mol. The minimum absolute atomic E-state index is 0.0695. The Morgan fingerprint density at radius 1 is 1.13 bits per heavy atom. The van der Waals surface area contributed by atoms with E-state index in [1.807, 2.05) is 0 Å². The number of carbonyl (C=O) groups excluding carboxylic acids is 2. The van der Waals surface area contributed by atoms with Gasteiger partial charge in [0.15, 0.2) is 0 Å². The van der Waals surface area contributed by atoms with E-state index in [0.717, 1.165) is 18.4 Å². The minimum atomic E-state index is -3.80. The second-order valence-corrected chi connectivity index (χ2v) is 8.99. The van der Waals surface area contributed by atoms with Crippen molar-refractivity contribution in [3.8, 4) is 5.75 Å². The Morgan fingerprint density at radius 3 is 2.33 bits per heavy atom. The third-order valence-electron chi connectivity index (χ3n) is 4.82. The SMILES string of the molecule is CNC(=O)c1ccc(CN(C2CC2)S(=O)(=O)c2ccc(OC)c(NC(C)=O)c2)cc1. The average molecular weight is 432 g/mol. The number of rotatable bonds is 8. The Morgan fingerprint density at radius 2 is 1.80 bits per heavy atom. The Bertz CT molecular complexity index is 1050. The predicted molar refractivity (Wildman–Crippen MR) is 113 cm³/mol. The zero-order chi connectivity index (χ0) is 21.9. The third kappa shape index (κ3) is 4.80. The number of hydrogen-bond acceptors (Lipinski definition) is 5. The molecule has 0 aromatic heterocycles. The van der Waals surface area contributed by atoms with Crippen molar-refractivity contribution >= 4 is 27.5 Å². The molecular formula is C21H25N3O5S. The number of methoxy groups -OCH3 is 1. The summed E-state index contributed by atoms with van der Waals surface area (Å²) in [5.74, 6) is -0.137. The summed E-state index contributed by atoms with van der Waals surface area (Å²) in [6.45, 7) is 1.54. The molecule has 3 rings (SSSR count). The number of benzene rings is 2. The van der Waals surface area contributed by atoms with E-state index >= 15 is 0 Å². The molecule has 30 heavy (non-hydrogen) atoms. The van der Waals surface area contributed by atoms with Gasteiger partial charge in [-0.15, -0.1) is 0 Å². The fourth-order valence-corrected chi connectivity index (χ4v) is 4.83. The topological polar surface area (TPSA) is 105 Å². The molecule has 160 valence electrons. The second kappa shape index (κ2) is 8.85. The van der Waals surface area contributed by atoms with Crippen molar-refractivity contribution in [2.45, 2.75) is 37.2 Å². The number of anilines is 1. The number of amides is 2. The lowest BCUT2D eigenvalue weighted by Crippen LogP contribution is -2.32. The van der Waals surface area contributed by atoms with Gasteiger partial charge < -0.3 is 15.4 Å². The van der Waals surface area contributed by atoms with Gasteiger partial charge in [-0.2, -0.15) is 4.31 Å². The lowest BCUT2D eigenvalue weighted by atomic mass is 10.1. The molecule has 0 heterocycles. The molecule has 2 amide bonds. The van der Waals surface area contributed by atoms with Gasteiger partial charge in [0.2, 0.25) is 15.9 Å². The van der Waals surface area contributed by atoms with Gasteiger partial charge in [-0.25, -0.2) is 8.42 Å². The molecule has 0 spiro atoms. The highest BCUT2D eigenvalue weighted by Gasteiger charge is 2.38. The smallest absolute Gasteiger partial charge is 0.251 e.